The van der Waals surface area contributed by atoms with Gasteiger partial charge >= 0.3 is 0 Å². The monoisotopic (exact) mass is 156 g/mol. The summed E-state index contributed by atoms with van der Waals surface area (Å²) in [6, 6.07) is 0. The van der Waals surface area contributed by atoms with Gasteiger partial charge in [0.05, 0.1) is 6.54 Å². The maximum atomic E-state index is 12.2. The Hall–Kier alpha value is -0.970. The molecule has 2 heterocycles. The zero-order valence-corrected chi connectivity index (χ0v) is 6.05. The van der Waals surface area contributed by atoms with Crippen LogP contribution >= 0.6 is 0 Å². The third-order valence-electron chi connectivity index (χ3n) is 1.82. The van der Waals surface area contributed by atoms with Crippen molar-refractivity contribution in [2.45, 2.75) is 19.8 Å². The molecule has 1 aliphatic heterocycles. The molecule has 0 aliphatic carbocycles. The minimum atomic E-state index is -0.521. The van der Waals surface area contributed by atoms with E-state index in [1.807, 2.05) is 4.57 Å². The van der Waals surface area contributed by atoms with Gasteiger partial charge in [0.25, 0.3) is 0 Å². The van der Waals surface area contributed by atoms with Crippen LogP contribution in [0.2, 0.25) is 0 Å². The van der Waals surface area contributed by atoms with Gasteiger partial charge in [-0.25, -0.2) is 4.39 Å². The fourth-order valence-corrected chi connectivity index (χ4v) is 1.25. The average molecular weight is 156 g/mol. The first-order valence-electron chi connectivity index (χ1n) is 3.59. The molecule has 0 bridgehead atoms. The fourth-order valence-electron chi connectivity index (χ4n) is 1.25. The predicted octanol–water partition coefficient (Wildman–Crippen LogP) is -0.149. The summed E-state index contributed by atoms with van der Waals surface area (Å²) in [6.07, 6.45) is 0. The number of alkyl halides is 1. The van der Waals surface area contributed by atoms with Crippen molar-refractivity contribution >= 4 is 0 Å². The molecule has 2 rings (SSSR count). The summed E-state index contributed by atoms with van der Waals surface area (Å²) < 4.78 is 14.0. The van der Waals surface area contributed by atoms with Gasteiger partial charge in [0, 0.05) is 13.1 Å². The number of halogens is 1. The molecule has 0 spiro atoms. The summed E-state index contributed by atoms with van der Waals surface area (Å²) in [5, 5.41) is 10.7. The molecular formula is C6H9FN4. The number of nitrogens with zero attached hydrogens (tertiary/aromatic N) is 3. The van der Waals surface area contributed by atoms with Crippen molar-refractivity contribution in [1.29, 1.82) is 0 Å². The second-order valence-corrected chi connectivity index (χ2v) is 2.49. The quantitative estimate of drug-likeness (QED) is 0.615. The van der Waals surface area contributed by atoms with Crippen LogP contribution in [0.15, 0.2) is 0 Å². The lowest BCUT2D eigenvalue weighted by Gasteiger charge is -2.14. The van der Waals surface area contributed by atoms with E-state index in [9.17, 15) is 4.39 Å². The molecule has 60 valence electrons. The van der Waals surface area contributed by atoms with Crippen LogP contribution in [0, 0.1) is 0 Å². The van der Waals surface area contributed by atoms with Gasteiger partial charge < -0.3 is 9.88 Å². The van der Waals surface area contributed by atoms with Gasteiger partial charge in [-0.3, -0.25) is 0 Å². The van der Waals surface area contributed by atoms with E-state index < -0.39 is 6.67 Å². The summed E-state index contributed by atoms with van der Waals surface area (Å²) in [4.78, 5) is 0. The summed E-state index contributed by atoms with van der Waals surface area (Å²) in [5.74, 6) is 1.28. The van der Waals surface area contributed by atoms with Gasteiger partial charge in [0.15, 0.2) is 5.82 Å². The summed E-state index contributed by atoms with van der Waals surface area (Å²) in [6.45, 7) is 1.83. The predicted molar refractivity (Wildman–Crippen MR) is 36.5 cm³/mol. The van der Waals surface area contributed by atoms with Crippen molar-refractivity contribution in [3.63, 3.8) is 0 Å². The van der Waals surface area contributed by atoms with E-state index in [0.717, 1.165) is 18.9 Å². The zero-order chi connectivity index (χ0) is 7.68. The maximum absolute atomic E-state index is 12.2. The first kappa shape index (κ1) is 6.72. The molecule has 4 nitrogen and oxygen atoms in total. The van der Waals surface area contributed by atoms with E-state index in [1.54, 1.807) is 0 Å². The number of aromatic nitrogens is 3. The molecule has 5 heteroatoms. The molecule has 0 unspecified atom stereocenters. The van der Waals surface area contributed by atoms with E-state index in [0.29, 0.717) is 12.4 Å². The lowest BCUT2D eigenvalue weighted by molar-refractivity contribution is 0.424. The average Bonchev–Trinajstić information content (AvgIpc) is 2.47. The zero-order valence-electron chi connectivity index (χ0n) is 6.05. The Bertz CT molecular complexity index is 244. The minimum Gasteiger partial charge on any atom is -0.310 e. The largest absolute Gasteiger partial charge is 0.310 e. The van der Waals surface area contributed by atoms with Crippen molar-refractivity contribution in [3.05, 3.63) is 11.6 Å². The first-order valence-corrected chi connectivity index (χ1v) is 3.59. The lowest BCUT2D eigenvalue weighted by Crippen LogP contribution is -2.28. The van der Waals surface area contributed by atoms with Crippen LogP contribution in [0.1, 0.15) is 11.6 Å². The van der Waals surface area contributed by atoms with Gasteiger partial charge in [-0.1, -0.05) is 0 Å². The van der Waals surface area contributed by atoms with Crippen molar-refractivity contribution in [1.82, 2.24) is 20.1 Å². The van der Waals surface area contributed by atoms with Crippen molar-refractivity contribution < 1.29 is 4.39 Å². The molecule has 0 fully saturated rings. The second-order valence-electron chi connectivity index (χ2n) is 2.49. The molecular weight excluding hydrogens is 147 g/mol. The van der Waals surface area contributed by atoms with Crippen molar-refractivity contribution in [2.75, 3.05) is 6.54 Å². The highest BCUT2D eigenvalue weighted by Crippen LogP contribution is 2.06. The highest BCUT2D eigenvalue weighted by molar-refractivity contribution is 4.97. The highest BCUT2D eigenvalue weighted by atomic mass is 19.1. The van der Waals surface area contributed by atoms with Crippen LogP contribution in [0.3, 0.4) is 0 Å². The molecule has 0 aromatic carbocycles. The van der Waals surface area contributed by atoms with Crippen LogP contribution in [-0.2, 0) is 19.8 Å². The smallest absolute Gasteiger partial charge is 0.164 e. The number of hydrogen-bond donors (Lipinski definition) is 1. The SMILES string of the molecule is FCc1nnc2n1CCNC2. The van der Waals surface area contributed by atoms with E-state index in [2.05, 4.69) is 15.5 Å². The number of fused-ring (bicyclic) bond motifs is 1. The van der Waals surface area contributed by atoms with E-state index >= 15 is 0 Å². The third kappa shape index (κ3) is 1.01. The Morgan fingerprint density at radius 1 is 1.55 bits per heavy atom. The van der Waals surface area contributed by atoms with Crippen LogP contribution in [0.5, 0.6) is 0 Å². The number of hydrogen-bond acceptors (Lipinski definition) is 3. The summed E-state index contributed by atoms with van der Waals surface area (Å²) in [5.41, 5.74) is 0. The number of nitrogens with one attached hydrogen (secondary N) is 1. The molecule has 1 aliphatic rings. The maximum Gasteiger partial charge on any atom is 0.164 e. The Balaban J connectivity index is 2.38. The molecule has 11 heavy (non-hydrogen) atoms. The number of rotatable bonds is 1. The van der Waals surface area contributed by atoms with Crippen LogP contribution in [0.25, 0.3) is 0 Å². The summed E-state index contributed by atoms with van der Waals surface area (Å²) in [7, 11) is 0. The van der Waals surface area contributed by atoms with Crippen LogP contribution in [0.4, 0.5) is 4.39 Å². The molecule has 0 saturated carbocycles. The fraction of sp³-hybridized carbons (Fsp3) is 0.667. The standard InChI is InChI=1S/C6H9FN4/c7-3-5-9-10-6-4-8-1-2-11(5)6/h8H,1-4H2. The molecule has 1 N–H and O–H groups in total. The minimum absolute atomic E-state index is 0.446. The molecule has 0 saturated heterocycles. The normalized spacial score (nSPS) is 16.5. The van der Waals surface area contributed by atoms with Crippen LogP contribution < -0.4 is 5.32 Å². The van der Waals surface area contributed by atoms with Gasteiger partial charge in [-0.2, -0.15) is 0 Å². The topological polar surface area (TPSA) is 42.7 Å². The lowest BCUT2D eigenvalue weighted by atomic mass is 10.4. The molecule has 0 amide bonds. The Morgan fingerprint density at radius 2 is 2.45 bits per heavy atom. The molecule has 0 atom stereocenters. The second kappa shape index (κ2) is 2.58. The summed E-state index contributed by atoms with van der Waals surface area (Å²) >= 11 is 0. The molecule has 0 radical (unpaired) electrons. The third-order valence-corrected chi connectivity index (χ3v) is 1.82. The van der Waals surface area contributed by atoms with Gasteiger partial charge in [-0.05, 0) is 0 Å². The van der Waals surface area contributed by atoms with Crippen molar-refractivity contribution in [2.24, 2.45) is 0 Å². The Morgan fingerprint density at radius 3 is 3.27 bits per heavy atom. The van der Waals surface area contributed by atoms with E-state index in [-0.39, 0.29) is 0 Å². The highest BCUT2D eigenvalue weighted by Gasteiger charge is 2.13. The van der Waals surface area contributed by atoms with Gasteiger partial charge in [0.2, 0.25) is 0 Å². The Kier molecular flexibility index (Phi) is 1.58. The molecule has 1 aromatic heterocycles. The van der Waals surface area contributed by atoms with Crippen LogP contribution in [-0.4, -0.2) is 21.3 Å². The Labute approximate surface area is 63.4 Å². The molecule has 1 aromatic rings. The van der Waals surface area contributed by atoms with Gasteiger partial charge in [-0.15, -0.1) is 10.2 Å². The van der Waals surface area contributed by atoms with E-state index in [1.165, 1.54) is 0 Å². The first-order chi connectivity index (χ1) is 5.42. The van der Waals surface area contributed by atoms with Crippen molar-refractivity contribution in [3.8, 4) is 0 Å². The van der Waals surface area contributed by atoms with E-state index in [4.69, 9.17) is 0 Å². The van der Waals surface area contributed by atoms with Gasteiger partial charge in [0.1, 0.15) is 12.5 Å².